The van der Waals surface area contributed by atoms with Gasteiger partial charge in [-0.1, -0.05) is 41.6 Å². The average Bonchev–Trinajstić information content (AvgIpc) is 3.29. The molecule has 0 aliphatic heterocycles. The summed E-state index contributed by atoms with van der Waals surface area (Å²) in [4.78, 5) is 11.1. The third kappa shape index (κ3) is 3.70. The minimum absolute atomic E-state index is 0.0940. The SMILES string of the molecule is NC(=O)CNCc1c(-c2ccc3[nH]ncc3c2)nnn1Cc1ccccc1. The number of rotatable bonds is 7. The van der Waals surface area contributed by atoms with Crippen molar-refractivity contribution in [2.75, 3.05) is 6.54 Å². The van der Waals surface area contributed by atoms with Crippen LogP contribution in [0.2, 0.25) is 0 Å². The second-order valence-electron chi connectivity index (χ2n) is 6.27. The first-order chi connectivity index (χ1) is 13.2. The molecular formula is C19H19N7O. The lowest BCUT2D eigenvalue weighted by atomic mass is 10.1. The molecule has 8 heteroatoms. The molecule has 0 saturated carbocycles. The zero-order chi connectivity index (χ0) is 18.6. The molecule has 0 saturated heterocycles. The van der Waals surface area contributed by atoms with Crippen LogP contribution in [0.3, 0.4) is 0 Å². The highest BCUT2D eigenvalue weighted by Gasteiger charge is 2.16. The smallest absolute Gasteiger partial charge is 0.231 e. The van der Waals surface area contributed by atoms with E-state index in [0.29, 0.717) is 13.1 Å². The van der Waals surface area contributed by atoms with Crippen LogP contribution in [0.4, 0.5) is 0 Å². The molecule has 0 radical (unpaired) electrons. The van der Waals surface area contributed by atoms with Crippen molar-refractivity contribution in [2.45, 2.75) is 13.1 Å². The summed E-state index contributed by atoms with van der Waals surface area (Å²) >= 11 is 0. The highest BCUT2D eigenvalue weighted by atomic mass is 16.1. The van der Waals surface area contributed by atoms with Gasteiger partial charge in [-0.2, -0.15) is 5.10 Å². The lowest BCUT2D eigenvalue weighted by molar-refractivity contribution is -0.117. The van der Waals surface area contributed by atoms with Gasteiger partial charge in [0.2, 0.25) is 5.91 Å². The van der Waals surface area contributed by atoms with E-state index < -0.39 is 5.91 Å². The van der Waals surface area contributed by atoms with Crippen LogP contribution in [0.5, 0.6) is 0 Å². The number of hydrogen-bond donors (Lipinski definition) is 3. The molecule has 0 aliphatic carbocycles. The molecule has 0 aliphatic rings. The first-order valence-electron chi connectivity index (χ1n) is 8.59. The topological polar surface area (TPSA) is 115 Å². The number of nitrogens with two attached hydrogens (primary N) is 1. The van der Waals surface area contributed by atoms with E-state index in [4.69, 9.17) is 5.73 Å². The Morgan fingerprint density at radius 3 is 2.85 bits per heavy atom. The fourth-order valence-electron chi connectivity index (χ4n) is 3.01. The van der Waals surface area contributed by atoms with Gasteiger partial charge in [-0.15, -0.1) is 5.10 Å². The van der Waals surface area contributed by atoms with Gasteiger partial charge < -0.3 is 11.1 Å². The Hall–Kier alpha value is -3.52. The van der Waals surface area contributed by atoms with Crippen molar-refractivity contribution in [2.24, 2.45) is 5.73 Å². The number of aromatic nitrogens is 5. The van der Waals surface area contributed by atoms with Crippen molar-refractivity contribution >= 4 is 16.8 Å². The van der Waals surface area contributed by atoms with Crippen molar-refractivity contribution < 1.29 is 4.79 Å². The van der Waals surface area contributed by atoms with Gasteiger partial charge in [0, 0.05) is 17.5 Å². The van der Waals surface area contributed by atoms with Crippen LogP contribution in [0.15, 0.2) is 54.7 Å². The van der Waals surface area contributed by atoms with Gasteiger partial charge in [0.05, 0.1) is 30.5 Å². The molecule has 4 rings (SSSR count). The van der Waals surface area contributed by atoms with Crippen LogP contribution in [-0.2, 0) is 17.9 Å². The maximum absolute atomic E-state index is 11.1. The van der Waals surface area contributed by atoms with Gasteiger partial charge in [-0.25, -0.2) is 4.68 Å². The third-order valence-electron chi connectivity index (χ3n) is 4.32. The quantitative estimate of drug-likeness (QED) is 0.461. The molecule has 8 nitrogen and oxygen atoms in total. The Balaban J connectivity index is 1.69. The Kier molecular flexibility index (Phi) is 4.63. The molecule has 27 heavy (non-hydrogen) atoms. The molecule has 4 N–H and O–H groups in total. The van der Waals surface area contributed by atoms with Gasteiger partial charge >= 0.3 is 0 Å². The molecule has 1 amide bonds. The summed E-state index contributed by atoms with van der Waals surface area (Å²) in [5, 5.41) is 19.8. The van der Waals surface area contributed by atoms with Crippen LogP contribution < -0.4 is 11.1 Å². The van der Waals surface area contributed by atoms with Gasteiger partial charge in [-0.3, -0.25) is 9.89 Å². The van der Waals surface area contributed by atoms with Gasteiger partial charge in [0.1, 0.15) is 5.69 Å². The zero-order valence-electron chi connectivity index (χ0n) is 14.6. The van der Waals surface area contributed by atoms with E-state index in [-0.39, 0.29) is 6.54 Å². The van der Waals surface area contributed by atoms with Crippen LogP contribution in [0.1, 0.15) is 11.3 Å². The minimum atomic E-state index is -0.404. The van der Waals surface area contributed by atoms with E-state index in [9.17, 15) is 4.79 Å². The van der Waals surface area contributed by atoms with Gasteiger partial charge in [-0.05, 0) is 17.7 Å². The number of carbonyl (C=O) groups excluding carboxylic acids is 1. The normalized spacial score (nSPS) is 11.1. The van der Waals surface area contributed by atoms with Crippen LogP contribution in [-0.4, -0.2) is 37.6 Å². The summed E-state index contributed by atoms with van der Waals surface area (Å²) in [6.07, 6.45) is 1.78. The second kappa shape index (κ2) is 7.38. The van der Waals surface area contributed by atoms with Gasteiger partial charge in [0.15, 0.2) is 0 Å². The number of nitrogens with one attached hydrogen (secondary N) is 2. The lowest BCUT2D eigenvalue weighted by Crippen LogP contribution is -2.29. The van der Waals surface area contributed by atoms with Gasteiger partial charge in [0.25, 0.3) is 0 Å². The number of nitrogens with zero attached hydrogens (tertiary/aromatic N) is 4. The largest absolute Gasteiger partial charge is 0.369 e. The highest BCUT2D eigenvalue weighted by molar-refractivity contribution is 5.83. The standard InChI is InChI=1S/C19H19N7O/c20-18(27)11-21-10-17-19(14-6-7-16-15(8-14)9-22-23-16)24-25-26(17)12-13-4-2-1-3-5-13/h1-9,21H,10-12H2,(H2,20,27)(H,22,23). The van der Waals surface area contributed by atoms with Crippen molar-refractivity contribution in [1.82, 2.24) is 30.5 Å². The molecular weight excluding hydrogens is 342 g/mol. The van der Waals surface area contributed by atoms with E-state index in [2.05, 4.69) is 25.8 Å². The Morgan fingerprint density at radius 1 is 1.19 bits per heavy atom. The number of benzene rings is 2. The predicted octanol–water partition coefficient (Wildman–Crippen LogP) is 1.44. The number of H-pyrrole nitrogens is 1. The van der Waals surface area contributed by atoms with Crippen molar-refractivity contribution in [3.05, 3.63) is 66.0 Å². The number of hydrogen-bond acceptors (Lipinski definition) is 5. The fraction of sp³-hybridized carbons (Fsp3) is 0.158. The van der Waals surface area contributed by atoms with Crippen molar-refractivity contribution in [3.63, 3.8) is 0 Å². The summed E-state index contributed by atoms with van der Waals surface area (Å²) in [6, 6.07) is 16.0. The molecule has 2 heterocycles. The molecule has 0 atom stereocenters. The maximum Gasteiger partial charge on any atom is 0.231 e. The van der Waals surface area contributed by atoms with E-state index in [1.807, 2.05) is 53.2 Å². The predicted molar refractivity (Wildman–Crippen MR) is 102 cm³/mol. The number of aromatic amines is 1. The first-order valence-corrected chi connectivity index (χ1v) is 8.59. The summed E-state index contributed by atoms with van der Waals surface area (Å²) < 4.78 is 1.85. The summed E-state index contributed by atoms with van der Waals surface area (Å²) in [5.41, 5.74) is 9.93. The number of primary amides is 1. The van der Waals surface area contributed by atoms with Crippen LogP contribution in [0, 0.1) is 0 Å². The van der Waals surface area contributed by atoms with Crippen LogP contribution >= 0.6 is 0 Å². The summed E-state index contributed by atoms with van der Waals surface area (Å²) in [6.45, 7) is 1.12. The van der Waals surface area contributed by atoms with E-state index in [1.165, 1.54) is 0 Å². The third-order valence-corrected chi connectivity index (χ3v) is 4.32. The van der Waals surface area contributed by atoms with E-state index in [1.54, 1.807) is 6.20 Å². The molecule has 0 bridgehead atoms. The molecule has 0 spiro atoms. The minimum Gasteiger partial charge on any atom is -0.369 e. The number of amides is 1. The Labute approximate surface area is 155 Å². The number of carbonyl (C=O) groups is 1. The zero-order valence-corrected chi connectivity index (χ0v) is 14.6. The Bertz CT molecular complexity index is 1070. The molecule has 0 fully saturated rings. The summed E-state index contributed by atoms with van der Waals surface area (Å²) in [5.74, 6) is -0.404. The van der Waals surface area contributed by atoms with E-state index >= 15 is 0 Å². The molecule has 2 aromatic carbocycles. The monoisotopic (exact) mass is 361 g/mol. The molecule has 2 aromatic heterocycles. The fourth-order valence-corrected chi connectivity index (χ4v) is 3.01. The molecule has 0 unspecified atom stereocenters. The van der Waals surface area contributed by atoms with Crippen molar-refractivity contribution in [3.8, 4) is 11.3 Å². The van der Waals surface area contributed by atoms with Crippen LogP contribution in [0.25, 0.3) is 22.2 Å². The Morgan fingerprint density at radius 2 is 2.04 bits per heavy atom. The number of fused-ring (bicyclic) bond motifs is 1. The molecule has 136 valence electrons. The summed E-state index contributed by atoms with van der Waals surface area (Å²) in [7, 11) is 0. The molecule has 4 aromatic rings. The maximum atomic E-state index is 11.1. The second-order valence-corrected chi connectivity index (χ2v) is 6.27. The van der Waals surface area contributed by atoms with E-state index in [0.717, 1.165) is 33.4 Å². The van der Waals surface area contributed by atoms with Crippen molar-refractivity contribution in [1.29, 1.82) is 0 Å². The highest BCUT2D eigenvalue weighted by Crippen LogP contribution is 2.25. The average molecular weight is 361 g/mol. The first kappa shape index (κ1) is 16.9. The lowest BCUT2D eigenvalue weighted by Gasteiger charge is -2.09.